The van der Waals surface area contributed by atoms with Gasteiger partial charge in [-0.05, 0) is 48.9 Å². The van der Waals surface area contributed by atoms with E-state index in [0.717, 1.165) is 12.8 Å². The van der Waals surface area contributed by atoms with Gasteiger partial charge in [0, 0.05) is 31.3 Å². The Morgan fingerprint density at radius 3 is 2.41 bits per heavy atom. The van der Waals surface area contributed by atoms with Gasteiger partial charge in [0.05, 0.1) is 22.2 Å². The SMILES string of the molecule is CCCCN(CC)S(=O)(=O)c1ccc(C(=O)N=c2sc3cc(NC(C)=O)ccc3n2CC(=O)OC)cc1. The van der Waals surface area contributed by atoms with Crippen LogP contribution in [0, 0.1) is 0 Å². The summed E-state index contributed by atoms with van der Waals surface area (Å²) in [5.74, 6) is -1.33. The number of unbranched alkanes of at least 4 members (excludes halogenated alkanes) is 1. The van der Waals surface area contributed by atoms with E-state index < -0.39 is 21.9 Å². The molecule has 0 radical (unpaired) electrons. The van der Waals surface area contributed by atoms with Crippen molar-refractivity contribution in [3.05, 3.63) is 52.8 Å². The van der Waals surface area contributed by atoms with Gasteiger partial charge in [-0.1, -0.05) is 31.6 Å². The quantitative estimate of drug-likeness (QED) is 0.389. The molecule has 10 nitrogen and oxygen atoms in total. The highest BCUT2D eigenvalue weighted by atomic mass is 32.2. The van der Waals surface area contributed by atoms with Gasteiger partial charge in [-0.3, -0.25) is 14.4 Å². The summed E-state index contributed by atoms with van der Waals surface area (Å²) in [6, 6.07) is 10.8. The van der Waals surface area contributed by atoms with Gasteiger partial charge in [0.2, 0.25) is 15.9 Å². The zero-order chi connectivity index (χ0) is 27.2. The summed E-state index contributed by atoms with van der Waals surface area (Å²) in [4.78, 5) is 41.0. The van der Waals surface area contributed by atoms with E-state index in [-0.39, 0.29) is 27.7 Å². The predicted molar refractivity (Wildman–Crippen MR) is 142 cm³/mol. The Labute approximate surface area is 219 Å². The zero-order valence-corrected chi connectivity index (χ0v) is 22.8. The number of sulfonamides is 1. The maximum atomic E-state index is 13.0. The molecule has 0 aliphatic rings. The second-order valence-corrected chi connectivity index (χ2v) is 11.1. The summed E-state index contributed by atoms with van der Waals surface area (Å²) < 4.78 is 34.4. The lowest BCUT2D eigenvalue weighted by Crippen LogP contribution is -2.31. The van der Waals surface area contributed by atoms with Crippen LogP contribution in [0.25, 0.3) is 10.2 Å². The molecule has 0 unspecified atom stereocenters. The average molecular weight is 547 g/mol. The maximum absolute atomic E-state index is 13.0. The molecule has 0 spiro atoms. The van der Waals surface area contributed by atoms with Gasteiger partial charge in [0.1, 0.15) is 6.54 Å². The number of anilines is 1. The van der Waals surface area contributed by atoms with Crippen LogP contribution >= 0.6 is 11.3 Å². The van der Waals surface area contributed by atoms with Crippen LogP contribution in [0.15, 0.2) is 52.4 Å². The first-order valence-electron chi connectivity index (χ1n) is 11.8. The molecule has 1 N–H and O–H groups in total. The first kappa shape index (κ1) is 28.2. The van der Waals surface area contributed by atoms with Crippen LogP contribution in [0.5, 0.6) is 0 Å². The molecule has 0 aliphatic heterocycles. The lowest BCUT2D eigenvalue weighted by atomic mass is 10.2. The molecule has 0 atom stereocenters. The monoisotopic (exact) mass is 546 g/mol. The summed E-state index contributed by atoms with van der Waals surface area (Å²) in [5.41, 5.74) is 1.42. The summed E-state index contributed by atoms with van der Waals surface area (Å²) in [5, 5.41) is 2.70. The number of hydrogen-bond acceptors (Lipinski definition) is 7. The van der Waals surface area contributed by atoms with Crippen molar-refractivity contribution in [1.29, 1.82) is 0 Å². The number of esters is 1. The van der Waals surface area contributed by atoms with Crippen LogP contribution in [0.3, 0.4) is 0 Å². The van der Waals surface area contributed by atoms with Gasteiger partial charge in [0.15, 0.2) is 4.80 Å². The lowest BCUT2D eigenvalue weighted by molar-refractivity contribution is -0.141. The number of methoxy groups -OCH3 is 1. The third-order valence-corrected chi connectivity index (χ3v) is 8.60. The van der Waals surface area contributed by atoms with Crippen LogP contribution in [0.1, 0.15) is 44.0 Å². The first-order valence-corrected chi connectivity index (χ1v) is 14.0. The van der Waals surface area contributed by atoms with E-state index in [1.807, 2.05) is 6.92 Å². The van der Waals surface area contributed by atoms with Crippen molar-refractivity contribution in [2.75, 3.05) is 25.5 Å². The topological polar surface area (TPSA) is 127 Å². The number of carbonyl (C=O) groups excluding carboxylic acids is 3. The Kier molecular flexibility index (Phi) is 9.35. The molecule has 0 saturated heterocycles. The summed E-state index contributed by atoms with van der Waals surface area (Å²) in [6.07, 6.45) is 1.64. The number of nitrogens with one attached hydrogen (secondary N) is 1. The van der Waals surface area contributed by atoms with Gasteiger partial charge >= 0.3 is 5.97 Å². The highest BCUT2D eigenvalue weighted by Crippen LogP contribution is 2.23. The zero-order valence-electron chi connectivity index (χ0n) is 21.2. The second-order valence-electron chi connectivity index (χ2n) is 8.20. The van der Waals surface area contributed by atoms with E-state index in [0.29, 0.717) is 29.0 Å². The molecule has 3 aromatic rings. The van der Waals surface area contributed by atoms with Crippen LogP contribution in [0.4, 0.5) is 5.69 Å². The van der Waals surface area contributed by atoms with Crippen molar-refractivity contribution in [2.24, 2.45) is 4.99 Å². The number of hydrogen-bond donors (Lipinski definition) is 1. The van der Waals surface area contributed by atoms with Gasteiger partial charge in [-0.2, -0.15) is 9.30 Å². The molecule has 198 valence electrons. The van der Waals surface area contributed by atoms with Crippen molar-refractivity contribution in [1.82, 2.24) is 8.87 Å². The fourth-order valence-electron chi connectivity index (χ4n) is 3.64. The van der Waals surface area contributed by atoms with Crippen molar-refractivity contribution in [3.8, 4) is 0 Å². The minimum Gasteiger partial charge on any atom is -0.468 e. The molecule has 3 rings (SSSR count). The largest absolute Gasteiger partial charge is 0.468 e. The Hall–Kier alpha value is -3.35. The number of amides is 2. The molecule has 0 bridgehead atoms. The fraction of sp³-hybridized carbons (Fsp3) is 0.360. The molecule has 1 heterocycles. The van der Waals surface area contributed by atoms with Crippen molar-refractivity contribution >= 4 is 55.0 Å². The normalized spacial score (nSPS) is 12.2. The first-order chi connectivity index (χ1) is 17.6. The second kappa shape index (κ2) is 12.3. The Morgan fingerprint density at radius 2 is 1.81 bits per heavy atom. The summed E-state index contributed by atoms with van der Waals surface area (Å²) >= 11 is 1.18. The van der Waals surface area contributed by atoms with Gasteiger partial charge in [-0.25, -0.2) is 8.42 Å². The minimum atomic E-state index is -3.67. The molecule has 1 aromatic heterocycles. The van der Waals surface area contributed by atoms with Crippen molar-refractivity contribution in [3.63, 3.8) is 0 Å². The highest BCUT2D eigenvalue weighted by molar-refractivity contribution is 7.89. The third kappa shape index (κ3) is 6.70. The Morgan fingerprint density at radius 1 is 1.11 bits per heavy atom. The van der Waals surface area contributed by atoms with E-state index in [1.165, 1.54) is 53.9 Å². The van der Waals surface area contributed by atoms with Crippen molar-refractivity contribution < 1.29 is 27.5 Å². The summed E-state index contributed by atoms with van der Waals surface area (Å²) in [6.45, 7) is 5.81. The number of thiazole rings is 1. The molecular weight excluding hydrogens is 516 g/mol. The van der Waals surface area contributed by atoms with E-state index in [4.69, 9.17) is 4.74 Å². The van der Waals surface area contributed by atoms with Gasteiger partial charge in [-0.15, -0.1) is 0 Å². The Balaban J connectivity index is 1.98. The number of fused-ring (bicyclic) bond motifs is 1. The summed E-state index contributed by atoms with van der Waals surface area (Å²) in [7, 11) is -2.40. The lowest BCUT2D eigenvalue weighted by Gasteiger charge is -2.20. The molecule has 12 heteroatoms. The fourth-order valence-corrected chi connectivity index (χ4v) is 6.19. The number of aromatic nitrogens is 1. The number of rotatable bonds is 10. The molecular formula is C25H30N4O6S2. The predicted octanol–water partition coefficient (Wildman–Crippen LogP) is 3.39. The number of carbonyl (C=O) groups is 3. The van der Waals surface area contributed by atoms with Gasteiger partial charge in [0.25, 0.3) is 5.91 Å². The van der Waals surface area contributed by atoms with E-state index in [9.17, 15) is 22.8 Å². The molecule has 37 heavy (non-hydrogen) atoms. The van der Waals surface area contributed by atoms with Gasteiger partial charge < -0.3 is 14.6 Å². The number of ether oxygens (including phenoxy) is 1. The Bertz CT molecular complexity index is 1470. The molecule has 0 fully saturated rings. The average Bonchev–Trinajstić information content (AvgIpc) is 3.19. The van der Waals surface area contributed by atoms with E-state index in [1.54, 1.807) is 29.7 Å². The van der Waals surface area contributed by atoms with E-state index >= 15 is 0 Å². The van der Waals surface area contributed by atoms with E-state index in [2.05, 4.69) is 10.3 Å². The van der Waals surface area contributed by atoms with Crippen LogP contribution in [0.2, 0.25) is 0 Å². The molecule has 0 aliphatic carbocycles. The minimum absolute atomic E-state index is 0.107. The molecule has 2 aromatic carbocycles. The third-order valence-electron chi connectivity index (χ3n) is 5.57. The maximum Gasteiger partial charge on any atom is 0.325 e. The molecule has 0 saturated carbocycles. The standard InChI is InChI=1S/C25H30N4O6S2/c1-5-7-14-28(6-2)37(33,34)20-11-8-18(9-12-20)24(32)27-25-29(16-23(31)35-4)21-13-10-19(26-17(3)30)15-22(21)36-25/h8-13,15H,5-7,14,16H2,1-4H3,(H,26,30). The van der Waals surface area contributed by atoms with Crippen LogP contribution < -0.4 is 10.1 Å². The van der Waals surface area contributed by atoms with Crippen LogP contribution in [-0.2, 0) is 30.9 Å². The number of nitrogens with zero attached hydrogens (tertiary/aromatic N) is 3. The van der Waals surface area contributed by atoms with Crippen LogP contribution in [-0.4, -0.2) is 55.3 Å². The number of benzene rings is 2. The molecule has 2 amide bonds. The van der Waals surface area contributed by atoms with Crippen molar-refractivity contribution in [2.45, 2.75) is 45.1 Å². The smallest absolute Gasteiger partial charge is 0.325 e. The highest BCUT2D eigenvalue weighted by Gasteiger charge is 2.23.